The number of carbonyl (C=O) groups excluding carboxylic acids is 1. The van der Waals surface area contributed by atoms with E-state index in [2.05, 4.69) is 11.8 Å². The molecule has 1 aliphatic heterocycles. The van der Waals surface area contributed by atoms with Crippen LogP contribution >= 0.6 is 0 Å². The number of rotatable bonds is 3. The van der Waals surface area contributed by atoms with Gasteiger partial charge in [0.25, 0.3) is 0 Å². The van der Waals surface area contributed by atoms with Crippen LogP contribution in [-0.2, 0) is 9.53 Å². The molecular weight excluding hydrogens is 190 g/mol. The highest BCUT2D eigenvalue weighted by molar-refractivity contribution is 5.76. The third kappa shape index (κ3) is 2.51. The predicted octanol–water partition coefficient (Wildman–Crippen LogP) is 1.96. The second kappa shape index (κ2) is 4.97. The number of likely N-dealkylation sites (N-methyl/N-ethyl adjacent to an activating group) is 1. The first kappa shape index (κ1) is 10.9. The minimum atomic E-state index is 0.0289. The van der Waals surface area contributed by atoms with Gasteiger partial charge in [-0.05, 0) is 51.6 Å². The molecule has 0 unspecified atom stereocenters. The van der Waals surface area contributed by atoms with Gasteiger partial charge in [-0.2, -0.15) is 0 Å². The Bertz CT molecular complexity index is 224. The van der Waals surface area contributed by atoms with Crippen LogP contribution in [0.4, 0.5) is 0 Å². The third-order valence-electron chi connectivity index (χ3n) is 3.63. The fourth-order valence-electron chi connectivity index (χ4n) is 2.72. The van der Waals surface area contributed by atoms with Crippen molar-refractivity contribution in [2.75, 3.05) is 13.1 Å². The van der Waals surface area contributed by atoms with Crippen LogP contribution in [0, 0.1) is 0 Å². The van der Waals surface area contributed by atoms with Crippen molar-refractivity contribution in [3.63, 3.8) is 0 Å². The van der Waals surface area contributed by atoms with Gasteiger partial charge in [0.05, 0.1) is 0 Å². The highest BCUT2D eigenvalue weighted by Gasteiger charge is 2.32. The number of ether oxygens (including phenoxy) is 1. The summed E-state index contributed by atoms with van der Waals surface area (Å²) in [5.41, 5.74) is 0. The summed E-state index contributed by atoms with van der Waals surface area (Å²) in [5, 5.41) is 0. The number of hydrogen-bond donors (Lipinski definition) is 0. The zero-order valence-corrected chi connectivity index (χ0v) is 9.58. The predicted molar refractivity (Wildman–Crippen MR) is 58.6 cm³/mol. The first-order valence-electron chi connectivity index (χ1n) is 6.26. The molecule has 1 saturated carbocycles. The SMILES string of the molecule is CCN1CCC[C@H]1C(=O)OC1CCCC1. The van der Waals surface area contributed by atoms with E-state index in [1.165, 1.54) is 12.8 Å². The maximum Gasteiger partial charge on any atom is 0.323 e. The molecule has 0 aromatic rings. The van der Waals surface area contributed by atoms with Gasteiger partial charge in [0.1, 0.15) is 12.1 Å². The van der Waals surface area contributed by atoms with Crippen molar-refractivity contribution in [2.45, 2.75) is 57.6 Å². The van der Waals surface area contributed by atoms with Crippen LogP contribution in [0.5, 0.6) is 0 Å². The van der Waals surface area contributed by atoms with Crippen molar-refractivity contribution in [1.82, 2.24) is 4.90 Å². The molecule has 0 bridgehead atoms. The Labute approximate surface area is 91.8 Å². The lowest BCUT2D eigenvalue weighted by molar-refractivity contribution is -0.154. The molecule has 0 spiro atoms. The van der Waals surface area contributed by atoms with E-state index in [4.69, 9.17) is 4.74 Å². The highest BCUT2D eigenvalue weighted by atomic mass is 16.5. The number of likely N-dealkylation sites (tertiary alicyclic amines) is 1. The van der Waals surface area contributed by atoms with E-state index in [9.17, 15) is 4.79 Å². The van der Waals surface area contributed by atoms with E-state index in [1.54, 1.807) is 0 Å². The maximum atomic E-state index is 11.9. The fraction of sp³-hybridized carbons (Fsp3) is 0.917. The highest BCUT2D eigenvalue weighted by Crippen LogP contribution is 2.24. The summed E-state index contributed by atoms with van der Waals surface area (Å²) in [7, 11) is 0. The summed E-state index contributed by atoms with van der Waals surface area (Å²) < 4.78 is 5.55. The molecule has 15 heavy (non-hydrogen) atoms. The van der Waals surface area contributed by atoms with Crippen LogP contribution in [-0.4, -0.2) is 36.1 Å². The Hall–Kier alpha value is -0.570. The third-order valence-corrected chi connectivity index (χ3v) is 3.63. The Morgan fingerprint density at radius 2 is 2.00 bits per heavy atom. The van der Waals surface area contributed by atoms with E-state index >= 15 is 0 Å². The number of hydrogen-bond acceptors (Lipinski definition) is 3. The smallest absolute Gasteiger partial charge is 0.323 e. The number of nitrogens with zero attached hydrogens (tertiary/aromatic N) is 1. The zero-order valence-electron chi connectivity index (χ0n) is 9.58. The topological polar surface area (TPSA) is 29.5 Å². The van der Waals surface area contributed by atoms with Crippen molar-refractivity contribution >= 4 is 5.97 Å². The molecular formula is C12H21NO2. The van der Waals surface area contributed by atoms with E-state index < -0.39 is 0 Å². The maximum absolute atomic E-state index is 11.9. The van der Waals surface area contributed by atoms with Crippen molar-refractivity contribution in [2.24, 2.45) is 0 Å². The average molecular weight is 211 g/mol. The summed E-state index contributed by atoms with van der Waals surface area (Å²) in [6, 6.07) is 0.0515. The van der Waals surface area contributed by atoms with Gasteiger partial charge in [0.15, 0.2) is 0 Å². The molecule has 3 nitrogen and oxygen atoms in total. The normalized spacial score (nSPS) is 28.5. The van der Waals surface area contributed by atoms with Crippen LogP contribution in [0.2, 0.25) is 0 Å². The summed E-state index contributed by atoms with van der Waals surface area (Å²) in [4.78, 5) is 14.1. The Morgan fingerprint density at radius 1 is 1.27 bits per heavy atom. The Balaban J connectivity index is 1.83. The van der Waals surface area contributed by atoms with Gasteiger partial charge in [0, 0.05) is 0 Å². The lowest BCUT2D eigenvalue weighted by Gasteiger charge is -2.22. The van der Waals surface area contributed by atoms with Crippen LogP contribution < -0.4 is 0 Å². The number of carbonyl (C=O) groups is 1. The van der Waals surface area contributed by atoms with Crippen molar-refractivity contribution < 1.29 is 9.53 Å². The quantitative estimate of drug-likeness (QED) is 0.668. The lowest BCUT2D eigenvalue weighted by atomic mass is 10.2. The van der Waals surface area contributed by atoms with E-state index in [1.807, 2.05) is 0 Å². The fourth-order valence-corrected chi connectivity index (χ4v) is 2.72. The molecule has 2 rings (SSSR count). The van der Waals surface area contributed by atoms with Gasteiger partial charge in [0.2, 0.25) is 0 Å². The second-order valence-corrected chi connectivity index (χ2v) is 4.63. The van der Waals surface area contributed by atoms with Crippen molar-refractivity contribution in [3.05, 3.63) is 0 Å². The minimum absolute atomic E-state index is 0.0289. The van der Waals surface area contributed by atoms with Crippen LogP contribution in [0.1, 0.15) is 45.4 Å². The van der Waals surface area contributed by atoms with Gasteiger partial charge in [-0.3, -0.25) is 9.69 Å². The van der Waals surface area contributed by atoms with Crippen LogP contribution in [0.3, 0.4) is 0 Å². The molecule has 0 radical (unpaired) electrons. The molecule has 2 fully saturated rings. The van der Waals surface area contributed by atoms with Gasteiger partial charge >= 0.3 is 5.97 Å². The summed E-state index contributed by atoms with van der Waals surface area (Å²) in [5.74, 6) is 0.0289. The van der Waals surface area contributed by atoms with E-state index in [-0.39, 0.29) is 18.1 Å². The van der Waals surface area contributed by atoms with Crippen molar-refractivity contribution in [1.29, 1.82) is 0 Å². The van der Waals surface area contributed by atoms with E-state index in [0.717, 1.165) is 38.8 Å². The molecule has 0 aromatic carbocycles. The van der Waals surface area contributed by atoms with Crippen LogP contribution in [0.25, 0.3) is 0 Å². The Morgan fingerprint density at radius 3 is 2.67 bits per heavy atom. The van der Waals surface area contributed by atoms with Gasteiger partial charge in [-0.1, -0.05) is 6.92 Å². The zero-order chi connectivity index (χ0) is 10.7. The summed E-state index contributed by atoms with van der Waals surface area (Å²) in [6.45, 7) is 4.13. The molecule has 3 heteroatoms. The summed E-state index contributed by atoms with van der Waals surface area (Å²) in [6.07, 6.45) is 6.93. The van der Waals surface area contributed by atoms with Crippen molar-refractivity contribution in [3.8, 4) is 0 Å². The monoisotopic (exact) mass is 211 g/mol. The molecule has 2 aliphatic rings. The first-order chi connectivity index (χ1) is 7.31. The molecule has 86 valence electrons. The standard InChI is InChI=1S/C12H21NO2/c1-2-13-9-5-8-11(13)12(14)15-10-6-3-4-7-10/h10-11H,2-9H2,1H3/t11-/m0/s1. The second-order valence-electron chi connectivity index (χ2n) is 4.63. The minimum Gasteiger partial charge on any atom is -0.461 e. The lowest BCUT2D eigenvalue weighted by Crippen LogP contribution is -2.38. The molecule has 1 aliphatic carbocycles. The van der Waals surface area contributed by atoms with E-state index in [0.29, 0.717) is 0 Å². The molecule has 1 saturated heterocycles. The summed E-state index contributed by atoms with van der Waals surface area (Å²) >= 11 is 0. The molecule has 1 atom stereocenters. The Kier molecular flexibility index (Phi) is 3.62. The average Bonchev–Trinajstić information content (AvgIpc) is 2.86. The number of esters is 1. The van der Waals surface area contributed by atoms with Gasteiger partial charge < -0.3 is 4.74 Å². The largest absolute Gasteiger partial charge is 0.461 e. The molecule has 0 N–H and O–H groups in total. The van der Waals surface area contributed by atoms with Crippen LogP contribution in [0.15, 0.2) is 0 Å². The molecule has 1 heterocycles. The molecule has 0 aromatic heterocycles. The first-order valence-corrected chi connectivity index (χ1v) is 6.26. The van der Waals surface area contributed by atoms with Gasteiger partial charge in [-0.15, -0.1) is 0 Å². The molecule has 0 amide bonds. The van der Waals surface area contributed by atoms with Gasteiger partial charge in [-0.25, -0.2) is 0 Å².